The molecule has 0 fully saturated rings. The summed E-state index contributed by atoms with van der Waals surface area (Å²) in [5.74, 6) is 1.62. The van der Waals surface area contributed by atoms with Gasteiger partial charge in [0.2, 0.25) is 0 Å². The van der Waals surface area contributed by atoms with E-state index in [2.05, 4.69) is 53.4 Å². The van der Waals surface area contributed by atoms with Crippen LogP contribution in [0.1, 0.15) is 24.8 Å². The van der Waals surface area contributed by atoms with Crippen LogP contribution in [0.15, 0.2) is 41.9 Å². The number of amidine groups is 1. The van der Waals surface area contributed by atoms with Gasteiger partial charge >= 0.3 is 0 Å². The zero-order chi connectivity index (χ0) is 14.2. The minimum absolute atomic E-state index is 0.585. The first-order valence-corrected chi connectivity index (χ1v) is 8.18. The molecule has 0 saturated carbocycles. The molecule has 1 aromatic rings. The third kappa shape index (κ3) is 4.04. The minimum Gasteiger partial charge on any atom is -0.384 e. The van der Waals surface area contributed by atoms with Crippen LogP contribution in [0, 0.1) is 0 Å². The smallest absolute Gasteiger partial charge is 0.156 e. The Labute approximate surface area is 126 Å². The molecule has 0 amide bonds. The number of fused-ring (bicyclic) bond motifs is 1. The number of thioether (sulfide) groups is 1. The van der Waals surface area contributed by atoms with Crippen LogP contribution in [-0.2, 0) is 0 Å². The Bertz CT molecular complexity index is 471. The molecule has 0 aliphatic carbocycles. The van der Waals surface area contributed by atoms with Crippen LogP contribution in [0.4, 0.5) is 5.69 Å². The Morgan fingerprint density at radius 1 is 1.55 bits per heavy atom. The first-order valence-electron chi connectivity index (χ1n) is 7.20. The lowest BCUT2D eigenvalue weighted by Crippen LogP contribution is -2.21. The number of hydrogen-bond donors (Lipinski definition) is 2. The van der Waals surface area contributed by atoms with E-state index in [-0.39, 0.29) is 0 Å². The highest BCUT2D eigenvalue weighted by Gasteiger charge is 2.20. The first kappa shape index (κ1) is 15.0. The zero-order valence-corrected chi connectivity index (χ0v) is 12.9. The normalized spacial score (nSPS) is 17.4. The predicted molar refractivity (Wildman–Crippen MR) is 90.9 cm³/mol. The molecule has 1 unspecified atom stereocenters. The molecule has 2 N–H and O–H groups in total. The first-order chi connectivity index (χ1) is 9.85. The number of rotatable bonds is 6. The maximum atomic E-state index is 4.68. The van der Waals surface area contributed by atoms with E-state index in [1.807, 2.05) is 6.08 Å². The van der Waals surface area contributed by atoms with E-state index in [4.69, 9.17) is 0 Å². The summed E-state index contributed by atoms with van der Waals surface area (Å²) in [6.07, 6.45) is 2.95. The molecule has 3 nitrogen and oxygen atoms in total. The molecule has 2 rings (SSSR count). The fraction of sp³-hybridized carbons (Fsp3) is 0.438. The summed E-state index contributed by atoms with van der Waals surface area (Å²) >= 11 is 1.76. The number of nitrogens with zero attached hydrogens (tertiary/aromatic N) is 1. The van der Waals surface area contributed by atoms with Gasteiger partial charge in [-0.1, -0.05) is 43.0 Å². The molecule has 1 aliphatic rings. The molecule has 4 heteroatoms. The van der Waals surface area contributed by atoms with Crippen LogP contribution in [0.3, 0.4) is 0 Å². The molecule has 0 saturated heterocycles. The number of hydrogen-bond acceptors (Lipinski definition) is 3. The Morgan fingerprint density at radius 2 is 2.40 bits per heavy atom. The van der Waals surface area contributed by atoms with Gasteiger partial charge in [-0.15, -0.1) is 6.58 Å². The number of para-hydroxylation sites is 1. The monoisotopic (exact) mass is 289 g/mol. The van der Waals surface area contributed by atoms with Gasteiger partial charge in [0, 0.05) is 31.2 Å². The van der Waals surface area contributed by atoms with E-state index in [0.717, 1.165) is 37.0 Å². The Balaban J connectivity index is 1.87. The fourth-order valence-corrected chi connectivity index (χ4v) is 3.03. The van der Waals surface area contributed by atoms with E-state index in [1.54, 1.807) is 11.8 Å². The summed E-state index contributed by atoms with van der Waals surface area (Å²) in [5.41, 5.74) is 2.72. The van der Waals surface area contributed by atoms with Crippen molar-refractivity contribution in [3.63, 3.8) is 0 Å². The molecule has 108 valence electrons. The van der Waals surface area contributed by atoms with Crippen LogP contribution >= 0.6 is 11.8 Å². The molecule has 1 heterocycles. The van der Waals surface area contributed by atoms with E-state index < -0.39 is 0 Å². The van der Waals surface area contributed by atoms with E-state index in [1.165, 1.54) is 11.3 Å². The molecular weight excluding hydrogens is 266 g/mol. The van der Waals surface area contributed by atoms with Crippen LogP contribution in [0.2, 0.25) is 0 Å². The SMILES string of the molecule is C=CCNC(=NCCC1CNc2ccccc21)SCC. The number of aliphatic imine (C=N–C) groups is 1. The Morgan fingerprint density at radius 3 is 3.20 bits per heavy atom. The van der Waals surface area contributed by atoms with Crippen molar-refractivity contribution in [1.82, 2.24) is 5.32 Å². The number of nitrogens with one attached hydrogen (secondary N) is 2. The van der Waals surface area contributed by atoms with E-state index in [0.29, 0.717) is 5.92 Å². The van der Waals surface area contributed by atoms with Crippen molar-refractivity contribution in [2.45, 2.75) is 19.3 Å². The van der Waals surface area contributed by atoms with Crippen molar-refractivity contribution in [3.8, 4) is 0 Å². The molecule has 1 aliphatic heterocycles. The van der Waals surface area contributed by atoms with Gasteiger partial charge in [-0.25, -0.2) is 0 Å². The molecular formula is C16H23N3S. The summed E-state index contributed by atoms with van der Waals surface area (Å²) in [6.45, 7) is 8.55. The van der Waals surface area contributed by atoms with Gasteiger partial charge < -0.3 is 10.6 Å². The summed E-state index contributed by atoms with van der Waals surface area (Å²) < 4.78 is 0. The quantitative estimate of drug-likeness (QED) is 0.478. The van der Waals surface area contributed by atoms with Crippen LogP contribution in [-0.4, -0.2) is 30.6 Å². The van der Waals surface area contributed by atoms with Gasteiger partial charge in [-0.2, -0.15) is 0 Å². The largest absolute Gasteiger partial charge is 0.384 e. The van der Waals surface area contributed by atoms with Crippen molar-refractivity contribution in [2.24, 2.45) is 4.99 Å². The average molecular weight is 289 g/mol. The maximum absolute atomic E-state index is 4.68. The van der Waals surface area contributed by atoms with E-state index in [9.17, 15) is 0 Å². The second-order valence-corrected chi connectivity index (χ2v) is 6.00. The van der Waals surface area contributed by atoms with Gasteiger partial charge in [-0.3, -0.25) is 4.99 Å². The third-order valence-electron chi connectivity index (χ3n) is 3.35. The molecule has 1 aromatic carbocycles. The van der Waals surface area contributed by atoms with Crippen molar-refractivity contribution >= 4 is 22.6 Å². The predicted octanol–water partition coefficient (Wildman–Crippen LogP) is 3.47. The van der Waals surface area contributed by atoms with Crippen molar-refractivity contribution in [1.29, 1.82) is 0 Å². The van der Waals surface area contributed by atoms with Gasteiger partial charge in [0.15, 0.2) is 5.17 Å². The Hall–Kier alpha value is -1.42. The summed E-state index contributed by atoms with van der Waals surface area (Å²) in [5, 5.41) is 7.79. The van der Waals surface area contributed by atoms with Gasteiger partial charge in [0.05, 0.1) is 0 Å². The lowest BCUT2D eigenvalue weighted by molar-refractivity contribution is 0.686. The van der Waals surface area contributed by atoms with Gasteiger partial charge in [-0.05, 0) is 23.8 Å². The second-order valence-electron chi connectivity index (χ2n) is 4.74. The lowest BCUT2D eigenvalue weighted by Gasteiger charge is -2.10. The van der Waals surface area contributed by atoms with Gasteiger partial charge in [0.1, 0.15) is 0 Å². The average Bonchev–Trinajstić information content (AvgIpc) is 2.88. The summed E-state index contributed by atoms with van der Waals surface area (Å²) in [4.78, 5) is 4.68. The highest BCUT2D eigenvalue weighted by Crippen LogP contribution is 2.33. The summed E-state index contributed by atoms with van der Waals surface area (Å²) in [6, 6.07) is 8.58. The molecule has 0 spiro atoms. The third-order valence-corrected chi connectivity index (χ3v) is 4.19. The fourth-order valence-electron chi connectivity index (χ4n) is 2.39. The topological polar surface area (TPSA) is 36.4 Å². The van der Waals surface area contributed by atoms with Crippen molar-refractivity contribution in [2.75, 3.05) is 30.7 Å². The molecule has 0 radical (unpaired) electrons. The standard InChI is InChI=1S/C16H23N3S/c1-3-10-17-16(20-4-2)18-11-9-13-12-19-15-8-6-5-7-14(13)15/h3,5-8,13,19H,1,4,9-12H2,2H3,(H,17,18). The molecule has 0 aromatic heterocycles. The van der Waals surface area contributed by atoms with Crippen LogP contribution < -0.4 is 10.6 Å². The molecule has 1 atom stereocenters. The van der Waals surface area contributed by atoms with Crippen molar-refractivity contribution < 1.29 is 0 Å². The van der Waals surface area contributed by atoms with Crippen molar-refractivity contribution in [3.05, 3.63) is 42.5 Å². The highest BCUT2D eigenvalue weighted by atomic mass is 32.2. The van der Waals surface area contributed by atoms with Gasteiger partial charge in [0.25, 0.3) is 0 Å². The minimum atomic E-state index is 0.585. The number of benzene rings is 1. The highest BCUT2D eigenvalue weighted by molar-refractivity contribution is 8.13. The number of anilines is 1. The molecule has 0 bridgehead atoms. The van der Waals surface area contributed by atoms with Crippen LogP contribution in [0.25, 0.3) is 0 Å². The second kappa shape index (κ2) is 8.00. The van der Waals surface area contributed by atoms with E-state index >= 15 is 0 Å². The Kier molecular flexibility index (Phi) is 5.99. The summed E-state index contributed by atoms with van der Waals surface area (Å²) in [7, 11) is 0. The molecule has 20 heavy (non-hydrogen) atoms. The van der Waals surface area contributed by atoms with Crippen LogP contribution in [0.5, 0.6) is 0 Å². The maximum Gasteiger partial charge on any atom is 0.156 e. The zero-order valence-electron chi connectivity index (χ0n) is 12.1. The lowest BCUT2D eigenvalue weighted by atomic mass is 9.98.